The number of carbonyl (C=O) groups excluding carboxylic acids is 1. The van der Waals surface area contributed by atoms with E-state index in [0.717, 1.165) is 16.8 Å². The molecule has 3 rings (SSSR count). The first kappa shape index (κ1) is 18.8. The largest absolute Gasteiger partial charge is 0.497 e. The molecule has 0 saturated carbocycles. The predicted octanol–water partition coefficient (Wildman–Crippen LogP) is 3.20. The van der Waals surface area contributed by atoms with Crippen molar-refractivity contribution in [2.45, 2.75) is 13.7 Å². The molecule has 0 saturated heterocycles. The molecule has 3 aromatic rings. The highest BCUT2D eigenvalue weighted by Gasteiger charge is 2.11. The predicted molar refractivity (Wildman–Crippen MR) is 111 cm³/mol. The van der Waals surface area contributed by atoms with Crippen LogP contribution in [0.2, 0.25) is 6.82 Å². The van der Waals surface area contributed by atoms with E-state index in [4.69, 9.17) is 17.3 Å². The summed E-state index contributed by atoms with van der Waals surface area (Å²) < 4.78 is 11.1. The first-order valence-corrected chi connectivity index (χ1v) is 8.68. The van der Waals surface area contributed by atoms with Crippen LogP contribution in [0, 0.1) is 6.92 Å². The van der Waals surface area contributed by atoms with Gasteiger partial charge in [-0.1, -0.05) is 29.4 Å². The molecular formula is C22H19B2O3. The third kappa shape index (κ3) is 4.08. The molecule has 0 bridgehead atoms. The van der Waals surface area contributed by atoms with Gasteiger partial charge in [0.25, 0.3) is 0 Å². The first-order valence-electron chi connectivity index (χ1n) is 8.68. The third-order valence-electron chi connectivity index (χ3n) is 4.45. The van der Waals surface area contributed by atoms with Gasteiger partial charge in [0, 0.05) is 11.1 Å². The summed E-state index contributed by atoms with van der Waals surface area (Å²) in [5.41, 5.74) is 3.79. The third-order valence-corrected chi connectivity index (χ3v) is 4.45. The van der Waals surface area contributed by atoms with Crippen LogP contribution >= 0.6 is 0 Å². The Morgan fingerprint density at radius 1 is 0.889 bits per heavy atom. The van der Waals surface area contributed by atoms with E-state index in [9.17, 15) is 4.79 Å². The van der Waals surface area contributed by atoms with E-state index in [2.05, 4.69) is 0 Å². The molecule has 0 atom stereocenters. The molecule has 0 N–H and O–H groups in total. The molecule has 0 heterocycles. The average molecular weight is 353 g/mol. The quantitative estimate of drug-likeness (QED) is 0.505. The summed E-state index contributed by atoms with van der Waals surface area (Å²) in [5, 5.41) is 0. The number of rotatable bonds is 6. The Morgan fingerprint density at radius 2 is 1.44 bits per heavy atom. The number of aryl methyl sites for hydroxylation is 1. The van der Waals surface area contributed by atoms with E-state index in [1.165, 1.54) is 0 Å². The lowest BCUT2D eigenvalue weighted by Gasteiger charge is -2.15. The Bertz CT molecular complexity index is 949. The molecule has 0 aromatic heterocycles. The lowest BCUT2D eigenvalue weighted by Crippen LogP contribution is -2.33. The fourth-order valence-corrected chi connectivity index (χ4v) is 2.82. The average Bonchev–Trinajstić information content (AvgIpc) is 2.71. The van der Waals surface area contributed by atoms with Crippen molar-refractivity contribution in [2.75, 3.05) is 7.11 Å². The molecule has 0 spiro atoms. The van der Waals surface area contributed by atoms with Crippen LogP contribution in [0.5, 0.6) is 17.2 Å². The van der Waals surface area contributed by atoms with Crippen molar-refractivity contribution in [3.05, 3.63) is 77.4 Å². The molecule has 0 aliphatic carbocycles. The molecular weight excluding hydrogens is 334 g/mol. The second-order valence-corrected chi connectivity index (χ2v) is 6.18. The number of carbonyl (C=O) groups is 1. The van der Waals surface area contributed by atoms with Crippen LogP contribution in [0.25, 0.3) is 0 Å². The van der Waals surface area contributed by atoms with Crippen molar-refractivity contribution < 1.29 is 14.3 Å². The molecule has 0 amide bonds. The minimum Gasteiger partial charge on any atom is -0.497 e. The Kier molecular flexibility index (Phi) is 5.70. The van der Waals surface area contributed by atoms with E-state index in [0.29, 0.717) is 28.1 Å². The van der Waals surface area contributed by atoms with Crippen LogP contribution in [-0.4, -0.2) is 28.0 Å². The molecule has 131 valence electrons. The summed E-state index contributed by atoms with van der Waals surface area (Å²) in [5.74, 6) is 2.00. The SMILES string of the molecule is [B]c1c(C)ccc(Oc2ccc(C(=O)c3ccc(OC)cc3)cc2)c1[B]C. The summed E-state index contributed by atoms with van der Waals surface area (Å²) in [6.45, 7) is 3.89. The number of methoxy groups -OCH3 is 1. The molecule has 3 nitrogen and oxygen atoms in total. The number of benzene rings is 3. The van der Waals surface area contributed by atoms with Gasteiger partial charge in [0.05, 0.1) is 7.11 Å². The normalized spacial score (nSPS) is 10.3. The molecule has 27 heavy (non-hydrogen) atoms. The maximum absolute atomic E-state index is 12.6. The summed E-state index contributed by atoms with van der Waals surface area (Å²) in [6, 6.07) is 18.0. The van der Waals surface area contributed by atoms with Gasteiger partial charge in [-0.2, -0.15) is 0 Å². The summed E-state index contributed by atoms with van der Waals surface area (Å²) in [4.78, 5) is 12.6. The number of hydrogen-bond acceptors (Lipinski definition) is 3. The molecule has 0 unspecified atom stereocenters. The standard InChI is InChI=1S/C22H19B2O3/c1-14-4-13-19(21(24-2)20(14)23)27-18-11-7-16(8-12-18)22(25)15-5-9-17(26-3)10-6-15/h4-13H,1-3H3. The van der Waals surface area contributed by atoms with Gasteiger partial charge in [-0.05, 0) is 61.5 Å². The van der Waals surface area contributed by atoms with Gasteiger partial charge in [-0.25, -0.2) is 0 Å². The van der Waals surface area contributed by atoms with Gasteiger partial charge in [-0.15, -0.1) is 0 Å². The van der Waals surface area contributed by atoms with Gasteiger partial charge in [0.15, 0.2) is 13.1 Å². The first-order chi connectivity index (χ1) is 13.0. The topological polar surface area (TPSA) is 35.5 Å². The van der Waals surface area contributed by atoms with Crippen LogP contribution in [0.15, 0.2) is 60.7 Å². The van der Waals surface area contributed by atoms with Gasteiger partial charge < -0.3 is 9.47 Å². The van der Waals surface area contributed by atoms with Gasteiger partial charge in [-0.3, -0.25) is 4.79 Å². The summed E-state index contributed by atoms with van der Waals surface area (Å²) in [6.07, 6.45) is 0. The second-order valence-electron chi connectivity index (χ2n) is 6.18. The fraction of sp³-hybridized carbons (Fsp3) is 0.136. The van der Waals surface area contributed by atoms with Crippen molar-refractivity contribution in [3.8, 4) is 17.2 Å². The van der Waals surface area contributed by atoms with Crippen molar-refractivity contribution >= 4 is 31.8 Å². The highest BCUT2D eigenvalue weighted by molar-refractivity contribution is 6.61. The zero-order chi connectivity index (χ0) is 19.4. The smallest absolute Gasteiger partial charge is 0.193 e. The van der Waals surface area contributed by atoms with Crippen LogP contribution in [0.3, 0.4) is 0 Å². The van der Waals surface area contributed by atoms with Crippen LogP contribution in [0.4, 0.5) is 0 Å². The highest BCUT2D eigenvalue weighted by atomic mass is 16.5. The van der Waals surface area contributed by atoms with Crippen molar-refractivity contribution in [3.63, 3.8) is 0 Å². The monoisotopic (exact) mass is 353 g/mol. The Morgan fingerprint density at radius 3 is 1.96 bits per heavy atom. The maximum Gasteiger partial charge on any atom is 0.193 e. The molecule has 0 aliphatic heterocycles. The zero-order valence-electron chi connectivity index (χ0n) is 15.7. The zero-order valence-corrected chi connectivity index (χ0v) is 15.7. The fourth-order valence-electron chi connectivity index (χ4n) is 2.82. The maximum atomic E-state index is 12.6. The minimum atomic E-state index is -0.0497. The minimum absolute atomic E-state index is 0.0497. The van der Waals surface area contributed by atoms with E-state index in [-0.39, 0.29) is 5.78 Å². The van der Waals surface area contributed by atoms with Crippen molar-refractivity contribution in [1.29, 1.82) is 0 Å². The van der Waals surface area contributed by atoms with Crippen molar-refractivity contribution in [1.82, 2.24) is 0 Å². The highest BCUT2D eigenvalue weighted by Crippen LogP contribution is 2.22. The Labute approximate surface area is 162 Å². The van der Waals surface area contributed by atoms with Crippen LogP contribution in [0.1, 0.15) is 21.5 Å². The van der Waals surface area contributed by atoms with E-state index < -0.39 is 0 Å². The lowest BCUT2D eigenvalue weighted by molar-refractivity contribution is 0.103. The lowest BCUT2D eigenvalue weighted by atomic mass is 9.65. The van der Waals surface area contributed by atoms with Crippen LogP contribution in [-0.2, 0) is 0 Å². The number of ether oxygens (including phenoxy) is 2. The number of hydrogen-bond donors (Lipinski definition) is 0. The van der Waals surface area contributed by atoms with Crippen LogP contribution < -0.4 is 20.4 Å². The summed E-state index contributed by atoms with van der Waals surface area (Å²) in [7, 11) is 9.66. The van der Waals surface area contributed by atoms with E-state index >= 15 is 0 Å². The van der Waals surface area contributed by atoms with Gasteiger partial charge in [0.1, 0.15) is 25.1 Å². The second kappa shape index (κ2) is 8.17. The molecule has 0 aliphatic rings. The molecule has 3 aromatic carbocycles. The molecule has 0 fully saturated rings. The van der Waals surface area contributed by atoms with Crippen molar-refractivity contribution in [2.24, 2.45) is 0 Å². The molecule has 5 heteroatoms. The van der Waals surface area contributed by atoms with Gasteiger partial charge in [0.2, 0.25) is 0 Å². The Hall–Kier alpha value is -2.94. The Balaban J connectivity index is 1.79. The van der Waals surface area contributed by atoms with E-state index in [1.54, 1.807) is 55.6 Å². The van der Waals surface area contributed by atoms with E-state index in [1.807, 2.05) is 33.2 Å². The number of ketones is 1. The van der Waals surface area contributed by atoms with Gasteiger partial charge >= 0.3 is 0 Å². The molecule has 3 radical (unpaired) electrons. The summed E-state index contributed by atoms with van der Waals surface area (Å²) >= 11 is 0.